The van der Waals surface area contributed by atoms with Crippen molar-refractivity contribution in [1.29, 1.82) is 5.26 Å². The van der Waals surface area contributed by atoms with E-state index in [-0.39, 0.29) is 11.5 Å². The maximum Gasteiger partial charge on any atom is 0.262 e. The van der Waals surface area contributed by atoms with Crippen LogP contribution in [-0.4, -0.2) is 33.9 Å². The molecule has 1 amide bonds. The Balaban J connectivity index is 1.86. The van der Waals surface area contributed by atoms with Gasteiger partial charge in [0.2, 0.25) is 5.91 Å². The average Bonchev–Trinajstić information content (AvgIpc) is 2.78. The lowest BCUT2D eigenvalue weighted by Gasteiger charge is -2.16. The highest BCUT2D eigenvalue weighted by Gasteiger charge is 2.20. The van der Waals surface area contributed by atoms with E-state index in [0.29, 0.717) is 58.5 Å². The van der Waals surface area contributed by atoms with Gasteiger partial charge in [0.1, 0.15) is 0 Å². The summed E-state index contributed by atoms with van der Waals surface area (Å²) in [6.07, 6.45) is 0.642. The smallest absolute Gasteiger partial charge is 0.262 e. The Kier molecular flexibility index (Phi) is 8.28. The molecule has 1 unspecified atom stereocenters. The number of carbonyl (C=O) groups excluding carboxylic acids is 1. The van der Waals surface area contributed by atoms with E-state index in [4.69, 9.17) is 21.6 Å². The molecule has 1 heterocycles. The van der Waals surface area contributed by atoms with Crippen LogP contribution >= 0.6 is 23.4 Å². The Hall–Kier alpha value is -2.86. The van der Waals surface area contributed by atoms with Crippen LogP contribution in [0.4, 0.5) is 5.69 Å². The molecule has 166 valence electrons. The summed E-state index contributed by atoms with van der Waals surface area (Å²) in [5, 5.41) is 12.7. The predicted molar refractivity (Wildman–Crippen MR) is 127 cm³/mol. The number of aromatic nitrogens is 2. The predicted octanol–water partition coefficient (Wildman–Crippen LogP) is 4.47. The van der Waals surface area contributed by atoms with Crippen molar-refractivity contribution >= 4 is 45.9 Å². The number of anilines is 1. The standard InChI is InChI=1S/C23H23ClN4O3S/c1-3-31-11-5-10-28-22(30)19-9-8-17(24)13-20(19)27-23(28)32-15(2)21(29)26-18-7-4-6-16(12-18)14-25/h4,6-9,12-13,15H,3,5,10-11H2,1-2H3,(H,26,29). The molecule has 0 aliphatic carbocycles. The number of amides is 1. The van der Waals surface area contributed by atoms with Crippen LogP contribution in [-0.2, 0) is 16.1 Å². The normalized spacial score (nSPS) is 11.8. The first-order valence-electron chi connectivity index (χ1n) is 10.2. The van der Waals surface area contributed by atoms with E-state index in [9.17, 15) is 9.59 Å². The molecule has 1 atom stereocenters. The molecule has 0 aliphatic heterocycles. The minimum Gasteiger partial charge on any atom is -0.382 e. The molecule has 3 aromatic rings. The zero-order chi connectivity index (χ0) is 23.1. The number of halogens is 1. The van der Waals surface area contributed by atoms with Gasteiger partial charge in [0.05, 0.1) is 27.8 Å². The van der Waals surface area contributed by atoms with Gasteiger partial charge < -0.3 is 10.1 Å². The molecule has 0 aliphatic rings. The topological polar surface area (TPSA) is 97.0 Å². The largest absolute Gasteiger partial charge is 0.382 e. The van der Waals surface area contributed by atoms with Crippen molar-refractivity contribution in [3.8, 4) is 6.07 Å². The third-order valence-electron chi connectivity index (χ3n) is 4.67. The van der Waals surface area contributed by atoms with E-state index in [0.717, 1.165) is 0 Å². The summed E-state index contributed by atoms with van der Waals surface area (Å²) in [5.41, 5.74) is 1.30. The molecule has 1 aromatic heterocycles. The molecule has 0 radical (unpaired) electrons. The van der Waals surface area contributed by atoms with Gasteiger partial charge in [-0.25, -0.2) is 4.98 Å². The zero-order valence-electron chi connectivity index (χ0n) is 17.8. The van der Waals surface area contributed by atoms with Gasteiger partial charge in [0.25, 0.3) is 5.56 Å². The molecule has 9 heteroatoms. The monoisotopic (exact) mass is 470 g/mol. The quantitative estimate of drug-likeness (QED) is 0.281. The lowest BCUT2D eigenvalue weighted by molar-refractivity contribution is -0.115. The van der Waals surface area contributed by atoms with Crippen LogP contribution in [0.25, 0.3) is 10.9 Å². The number of carbonyl (C=O) groups is 1. The molecule has 7 nitrogen and oxygen atoms in total. The van der Waals surface area contributed by atoms with Gasteiger partial charge in [-0.3, -0.25) is 14.2 Å². The second kappa shape index (κ2) is 11.1. The van der Waals surface area contributed by atoms with Gasteiger partial charge in [-0.15, -0.1) is 0 Å². The number of nitrogens with zero attached hydrogens (tertiary/aromatic N) is 3. The summed E-state index contributed by atoms with van der Waals surface area (Å²) in [7, 11) is 0. The van der Waals surface area contributed by atoms with Crippen LogP contribution in [0.1, 0.15) is 25.8 Å². The maximum absolute atomic E-state index is 13.1. The molecule has 2 aromatic carbocycles. The lowest BCUT2D eigenvalue weighted by Crippen LogP contribution is -2.27. The fraction of sp³-hybridized carbons (Fsp3) is 0.304. The van der Waals surface area contributed by atoms with E-state index in [1.165, 1.54) is 11.8 Å². The molecule has 1 N–H and O–H groups in total. The third kappa shape index (κ3) is 5.88. The van der Waals surface area contributed by atoms with E-state index in [2.05, 4.69) is 10.3 Å². The molecule has 3 rings (SSSR count). The molecular formula is C23H23ClN4O3S. The molecular weight excluding hydrogens is 448 g/mol. The van der Waals surface area contributed by atoms with Crippen LogP contribution in [0.3, 0.4) is 0 Å². The van der Waals surface area contributed by atoms with Crippen molar-refractivity contribution in [2.45, 2.75) is 37.2 Å². The maximum atomic E-state index is 13.1. The first kappa shape index (κ1) is 23.8. The number of ether oxygens (including phenoxy) is 1. The Morgan fingerprint density at radius 2 is 2.16 bits per heavy atom. The first-order valence-corrected chi connectivity index (χ1v) is 11.4. The summed E-state index contributed by atoms with van der Waals surface area (Å²) >= 11 is 7.29. The van der Waals surface area contributed by atoms with Crippen LogP contribution in [0.2, 0.25) is 5.02 Å². The van der Waals surface area contributed by atoms with E-state index >= 15 is 0 Å². The summed E-state index contributed by atoms with van der Waals surface area (Å²) < 4.78 is 6.98. The number of nitrogens with one attached hydrogen (secondary N) is 1. The van der Waals surface area contributed by atoms with Crippen LogP contribution in [0.15, 0.2) is 52.4 Å². The average molecular weight is 471 g/mol. The summed E-state index contributed by atoms with van der Waals surface area (Å²) in [6.45, 7) is 5.21. The fourth-order valence-corrected chi connectivity index (χ4v) is 4.15. The van der Waals surface area contributed by atoms with Crippen molar-refractivity contribution in [2.24, 2.45) is 0 Å². The summed E-state index contributed by atoms with van der Waals surface area (Å²) in [5.74, 6) is -0.258. The SMILES string of the molecule is CCOCCCn1c(SC(C)C(=O)Nc2cccc(C#N)c2)nc2cc(Cl)ccc2c1=O. The molecule has 0 saturated heterocycles. The molecule has 0 bridgehead atoms. The Labute approximate surface area is 195 Å². The van der Waals surface area contributed by atoms with Crippen molar-refractivity contribution in [2.75, 3.05) is 18.5 Å². The van der Waals surface area contributed by atoms with E-state index < -0.39 is 5.25 Å². The lowest BCUT2D eigenvalue weighted by atomic mass is 10.2. The molecule has 32 heavy (non-hydrogen) atoms. The Bertz CT molecular complexity index is 1220. The van der Waals surface area contributed by atoms with Gasteiger partial charge in [0.15, 0.2) is 5.16 Å². The third-order valence-corrected chi connectivity index (χ3v) is 5.99. The van der Waals surface area contributed by atoms with Crippen molar-refractivity contribution < 1.29 is 9.53 Å². The van der Waals surface area contributed by atoms with Gasteiger partial charge in [-0.05, 0) is 56.7 Å². The first-order chi connectivity index (χ1) is 15.4. The van der Waals surface area contributed by atoms with Gasteiger partial charge in [-0.1, -0.05) is 29.4 Å². The van der Waals surface area contributed by atoms with Crippen molar-refractivity contribution in [3.05, 3.63) is 63.4 Å². The van der Waals surface area contributed by atoms with Crippen molar-refractivity contribution in [1.82, 2.24) is 9.55 Å². The highest BCUT2D eigenvalue weighted by atomic mass is 35.5. The number of nitriles is 1. The van der Waals surface area contributed by atoms with Crippen LogP contribution in [0, 0.1) is 11.3 Å². The number of thioether (sulfide) groups is 1. The zero-order valence-corrected chi connectivity index (χ0v) is 19.4. The molecule has 0 fully saturated rings. The van der Waals surface area contributed by atoms with Gasteiger partial charge in [0, 0.05) is 30.5 Å². The second-order valence-corrected chi connectivity index (χ2v) is 8.75. The van der Waals surface area contributed by atoms with E-state index in [1.54, 1.807) is 54.0 Å². The molecule has 0 saturated carbocycles. The number of benzene rings is 2. The fourth-order valence-electron chi connectivity index (χ4n) is 3.05. The number of fused-ring (bicyclic) bond motifs is 1. The summed E-state index contributed by atoms with van der Waals surface area (Å²) in [4.78, 5) is 30.5. The van der Waals surface area contributed by atoms with Crippen LogP contribution < -0.4 is 10.9 Å². The van der Waals surface area contributed by atoms with Crippen LogP contribution in [0.5, 0.6) is 0 Å². The summed E-state index contributed by atoms with van der Waals surface area (Å²) in [6, 6.07) is 13.7. The highest BCUT2D eigenvalue weighted by Crippen LogP contribution is 2.25. The van der Waals surface area contributed by atoms with Gasteiger partial charge in [-0.2, -0.15) is 5.26 Å². The minimum absolute atomic E-state index is 0.181. The number of hydrogen-bond acceptors (Lipinski definition) is 6. The highest BCUT2D eigenvalue weighted by molar-refractivity contribution is 8.00. The minimum atomic E-state index is -0.539. The Morgan fingerprint density at radius 3 is 2.91 bits per heavy atom. The number of hydrogen-bond donors (Lipinski definition) is 1. The van der Waals surface area contributed by atoms with Crippen molar-refractivity contribution in [3.63, 3.8) is 0 Å². The van der Waals surface area contributed by atoms with Gasteiger partial charge >= 0.3 is 0 Å². The second-order valence-electron chi connectivity index (χ2n) is 7.01. The Morgan fingerprint density at radius 1 is 1.34 bits per heavy atom. The molecule has 0 spiro atoms. The number of rotatable bonds is 9. The van der Waals surface area contributed by atoms with E-state index in [1.807, 2.05) is 13.0 Å².